The summed E-state index contributed by atoms with van der Waals surface area (Å²) in [5.41, 5.74) is 0.0356. The molecule has 2 saturated heterocycles. The highest BCUT2D eigenvalue weighted by Crippen LogP contribution is 2.66. The van der Waals surface area contributed by atoms with Crippen LogP contribution in [0.1, 0.15) is 170 Å². The molecule has 10 rings (SSSR count). The number of Topliss-reactive ketones (excluding diaryl/α,β-unsaturated/α-hetero) is 1. The largest absolute Gasteiger partial charge is 0.417 e. The fourth-order valence-corrected chi connectivity index (χ4v) is 19.0. The third kappa shape index (κ3) is 8.73. The van der Waals surface area contributed by atoms with Crippen LogP contribution in [0.15, 0.2) is 0 Å². The van der Waals surface area contributed by atoms with E-state index < -0.39 is 16.6 Å². The third-order valence-electron chi connectivity index (χ3n) is 22.3. The Labute approximate surface area is 392 Å². The van der Waals surface area contributed by atoms with E-state index in [9.17, 15) is 9.90 Å². The van der Waals surface area contributed by atoms with Crippen LogP contribution in [0.3, 0.4) is 0 Å². The fraction of sp³-hybridized carbons (Fsp3) is 0.981. The Hall–Kier alpha value is -0.176. The summed E-state index contributed by atoms with van der Waals surface area (Å²) >= 11 is 0. The Kier molecular flexibility index (Phi) is 13.7. The molecule has 0 bridgehead atoms. The molecule has 8 nitrogen and oxygen atoms in total. The van der Waals surface area contributed by atoms with E-state index in [1.165, 1.54) is 64.2 Å². The van der Waals surface area contributed by atoms with E-state index in [0.717, 1.165) is 151 Å². The maximum atomic E-state index is 13.3. The first-order valence-electron chi connectivity index (χ1n) is 27.2. The monoisotopic (exact) mass is 927 g/mol. The number of aliphatic hydroxyl groups excluding tert-OH is 1. The van der Waals surface area contributed by atoms with Crippen molar-refractivity contribution in [1.82, 2.24) is 0 Å². The first kappa shape index (κ1) is 48.8. The molecule has 0 radical (unpaired) electrons. The smallest absolute Gasteiger partial charge is 0.191 e. The van der Waals surface area contributed by atoms with Crippen molar-refractivity contribution < 1.29 is 37.7 Å². The van der Waals surface area contributed by atoms with Crippen molar-refractivity contribution in [3.8, 4) is 0 Å². The molecule has 2 aliphatic heterocycles. The molecule has 8 saturated carbocycles. The molecule has 8 unspecified atom stereocenters. The van der Waals surface area contributed by atoms with Gasteiger partial charge in [0.25, 0.3) is 0 Å². The summed E-state index contributed by atoms with van der Waals surface area (Å²) in [6.07, 6.45) is 23.2. The van der Waals surface area contributed by atoms with Crippen molar-refractivity contribution in [2.75, 3.05) is 39.6 Å². The topological polar surface area (TPSA) is 92.7 Å². The van der Waals surface area contributed by atoms with Crippen molar-refractivity contribution in [1.29, 1.82) is 0 Å². The molecular formula is C54H94O8Si2. The van der Waals surface area contributed by atoms with Crippen LogP contribution in [-0.4, -0.2) is 84.8 Å². The Morgan fingerprint density at radius 2 is 1.02 bits per heavy atom. The summed E-state index contributed by atoms with van der Waals surface area (Å²) in [5, 5.41) is 11.7. The molecule has 13 atom stereocenters. The van der Waals surface area contributed by atoms with Crippen molar-refractivity contribution in [3.63, 3.8) is 0 Å². The predicted molar refractivity (Wildman–Crippen MR) is 259 cm³/mol. The molecule has 0 amide bonds. The Balaban J connectivity index is 0.000000162. The van der Waals surface area contributed by atoms with Gasteiger partial charge in [-0.25, -0.2) is 0 Å². The highest BCUT2D eigenvalue weighted by molar-refractivity contribution is 6.74. The second-order valence-corrected chi connectivity index (χ2v) is 36.4. The number of hydrogen-bond donors (Lipinski definition) is 1. The first-order chi connectivity index (χ1) is 30.1. The molecule has 1 N–H and O–H groups in total. The third-order valence-corrected chi connectivity index (χ3v) is 31.4. The highest BCUT2D eigenvalue weighted by atomic mass is 28.4. The number of hydrogen-bond acceptors (Lipinski definition) is 8. The molecule has 2 spiro atoms. The van der Waals surface area contributed by atoms with E-state index in [4.69, 9.17) is 27.8 Å². The highest BCUT2D eigenvalue weighted by Gasteiger charge is 2.62. The van der Waals surface area contributed by atoms with Gasteiger partial charge in [-0.15, -0.1) is 0 Å². The maximum Gasteiger partial charge on any atom is 0.191 e. The minimum Gasteiger partial charge on any atom is -0.417 e. The van der Waals surface area contributed by atoms with Gasteiger partial charge in [0, 0.05) is 56.1 Å². The normalized spacial score (nSPS) is 42.5. The van der Waals surface area contributed by atoms with Gasteiger partial charge in [0.05, 0.1) is 32.5 Å². The predicted octanol–water partition coefficient (Wildman–Crippen LogP) is 12.5. The van der Waals surface area contributed by atoms with E-state index in [2.05, 4.69) is 67.7 Å². The van der Waals surface area contributed by atoms with Crippen LogP contribution in [0.25, 0.3) is 0 Å². The minimum atomic E-state index is -1.77. The van der Waals surface area contributed by atoms with Crippen molar-refractivity contribution >= 4 is 22.4 Å². The standard InChI is InChI=1S/C27H48O4Si.C27H46O4Si/c2*1-25(2,3)32(4,5)31-15-14-26-12-10-21-20-11-13-27(29-16-17-30-27)18-19(20)6-7-22(21)23(26)8-9-24(26)28/h19-24,28H,6-18H2,1-5H3;19-23H,6-18H2,1-5H3/t19-,20?,21?,22?,23?,24-,26+;19-,20?,21?,22?,23?,26+/m00/s1. The van der Waals surface area contributed by atoms with Gasteiger partial charge in [-0.2, -0.15) is 0 Å². The molecule has 0 aromatic carbocycles. The maximum absolute atomic E-state index is 13.3. The number of fused-ring (bicyclic) bond motifs is 10. The lowest BCUT2D eigenvalue weighted by Gasteiger charge is -2.57. The second-order valence-electron chi connectivity index (χ2n) is 26.8. The molecule has 366 valence electrons. The number of carbonyl (C=O) groups excluding carboxylic acids is 1. The van der Waals surface area contributed by atoms with Gasteiger partial charge in [0.1, 0.15) is 5.78 Å². The van der Waals surface area contributed by atoms with E-state index in [1.54, 1.807) is 0 Å². The van der Waals surface area contributed by atoms with Crippen LogP contribution in [0.2, 0.25) is 36.3 Å². The SMILES string of the molecule is CC(C)(C)[Si](C)(C)OCC[C@]12CCC3C(CC[C@H]4CC5(CCC34)OCCO5)C1CCC2=O.CC(C)(C)[Si](C)(C)OCC[C@]12CCC3C(CC[C@H]4CC5(CCC34)OCCO5)C1CC[C@@H]2O. The van der Waals surface area contributed by atoms with Gasteiger partial charge in [-0.3, -0.25) is 4.79 Å². The zero-order valence-corrected chi connectivity index (χ0v) is 44.5. The summed E-state index contributed by atoms with van der Waals surface area (Å²) in [6.45, 7) is 28.0. The second kappa shape index (κ2) is 17.9. The zero-order chi connectivity index (χ0) is 45.6. The lowest BCUT2D eigenvalue weighted by molar-refractivity contribution is -0.210. The molecule has 64 heavy (non-hydrogen) atoms. The molecule has 0 aromatic rings. The van der Waals surface area contributed by atoms with Crippen molar-refractivity contribution in [2.45, 2.75) is 224 Å². The molecule has 8 aliphatic carbocycles. The van der Waals surface area contributed by atoms with Gasteiger partial charge in [-0.1, -0.05) is 41.5 Å². The Morgan fingerprint density at radius 3 is 1.53 bits per heavy atom. The molecular weight excluding hydrogens is 833 g/mol. The molecule has 2 heterocycles. The average molecular weight is 928 g/mol. The van der Waals surface area contributed by atoms with Crippen LogP contribution in [0.4, 0.5) is 0 Å². The summed E-state index contributed by atoms with van der Waals surface area (Å²) in [6, 6.07) is 0. The van der Waals surface area contributed by atoms with Gasteiger partial charge in [0.15, 0.2) is 28.2 Å². The lowest BCUT2D eigenvalue weighted by Crippen LogP contribution is -2.53. The molecule has 10 fully saturated rings. The van der Waals surface area contributed by atoms with Crippen LogP contribution >= 0.6 is 0 Å². The summed E-state index contributed by atoms with van der Waals surface area (Å²) in [5.74, 6) is 7.84. The van der Waals surface area contributed by atoms with Crippen molar-refractivity contribution in [2.24, 2.45) is 70.0 Å². The van der Waals surface area contributed by atoms with E-state index >= 15 is 0 Å². The van der Waals surface area contributed by atoms with Crippen LogP contribution < -0.4 is 0 Å². The quantitative estimate of drug-likeness (QED) is 0.241. The summed E-state index contributed by atoms with van der Waals surface area (Å²) in [4.78, 5) is 13.3. The summed E-state index contributed by atoms with van der Waals surface area (Å²) in [7, 11) is -3.51. The van der Waals surface area contributed by atoms with Gasteiger partial charge < -0.3 is 32.9 Å². The van der Waals surface area contributed by atoms with E-state index in [0.29, 0.717) is 17.6 Å². The van der Waals surface area contributed by atoms with Gasteiger partial charge >= 0.3 is 0 Å². The lowest BCUT2D eigenvalue weighted by atomic mass is 9.49. The average Bonchev–Trinajstić information content (AvgIpc) is 4.04. The molecule has 10 heteroatoms. The zero-order valence-electron chi connectivity index (χ0n) is 42.5. The number of rotatable bonds is 8. The number of ether oxygens (including phenoxy) is 4. The van der Waals surface area contributed by atoms with Crippen LogP contribution in [0.5, 0.6) is 0 Å². The minimum absolute atomic E-state index is 0.0794. The Bertz CT molecular complexity index is 1640. The van der Waals surface area contributed by atoms with Crippen LogP contribution in [0, 0.1) is 70.0 Å². The number of ketones is 1. The van der Waals surface area contributed by atoms with E-state index in [-0.39, 0.29) is 38.6 Å². The number of carbonyl (C=O) groups is 1. The first-order valence-corrected chi connectivity index (χ1v) is 33.0. The van der Waals surface area contributed by atoms with Gasteiger partial charge in [0.2, 0.25) is 0 Å². The van der Waals surface area contributed by atoms with Crippen LogP contribution in [-0.2, 0) is 32.6 Å². The summed E-state index contributed by atoms with van der Waals surface area (Å²) < 4.78 is 37.6. The molecule has 0 aromatic heterocycles. The van der Waals surface area contributed by atoms with Crippen molar-refractivity contribution in [3.05, 3.63) is 0 Å². The Morgan fingerprint density at radius 1 is 0.547 bits per heavy atom. The molecule has 10 aliphatic rings. The van der Waals surface area contributed by atoms with E-state index in [1.807, 2.05) is 0 Å². The van der Waals surface area contributed by atoms with Gasteiger partial charge in [-0.05, 0) is 192 Å². The fourth-order valence-electron chi connectivity index (χ4n) is 16.9. The number of aliphatic hydroxyl groups is 1.